The lowest BCUT2D eigenvalue weighted by Gasteiger charge is -2.24. The minimum absolute atomic E-state index is 0.115. The van der Waals surface area contributed by atoms with Crippen molar-refractivity contribution in [3.63, 3.8) is 0 Å². The van der Waals surface area contributed by atoms with E-state index in [1.54, 1.807) is 0 Å². The summed E-state index contributed by atoms with van der Waals surface area (Å²) in [5.41, 5.74) is 1.36. The third kappa shape index (κ3) is 3.40. The van der Waals surface area contributed by atoms with Crippen molar-refractivity contribution in [2.75, 3.05) is 0 Å². The van der Waals surface area contributed by atoms with E-state index in [2.05, 4.69) is 45.0 Å². The van der Waals surface area contributed by atoms with Crippen molar-refractivity contribution in [2.45, 2.75) is 32.1 Å². The van der Waals surface area contributed by atoms with Crippen LogP contribution in [0.5, 0.6) is 0 Å². The molecule has 0 aliphatic carbocycles. The molecule has 0 aliphatic rings. The summed E-state index contributed by atoms with van der Waals surface area (Å²) in [6.07, 6.45) is 1.05. The minimum atomic E-state index is -0.115. The zero-order valence-electron chi connectivity index (χ0n) is 8.55. The molecule has 1 aromatic rings. The molecule has 0 spiro atoms. The Hall–Kier alpha value is -0.490. The molecular weight excluding hydrogens is 180 g/mol. The van der Waals surface area contributed by atoms with Crippen molar-refractivity contribution >= 4 is 11.6 Å². The average molecular weight is 197 g/mol. The van der Waals surface area contributed by atoms with Gasteiger partial charge in [0.2, 0.25) is 0 Å². The lowest BCUT2D eigenvalue weighted by atomic mass is 9.90. The maximum absolute atomic E-state index is 6.23. The number of alkyl halides is 1. The maximum atomic E-state index is 6.23. The molecule has 0 aromatic heterocycles. The van der Waals surface area contributed by atoms with Gasteiger partial charge in [0.05, 0.1) is 0 Å². The number of hydrogen-bond donors (Lipinski definition) is 0. The van der Waals surface area contributed by atoms with Gasteiger partial charge in [-0.2, -0.15) is 0 Å². The zero-order valence-corrected chi connectivity index (χ0v) is 9.31. The molecule has 0 aliphatic heterocycles. The van der Waals surface area contributed by atoms with Gasteiger partial charge in [-0.3, -0.25) is 0 Å². The summed E-state index contributed by atoms with van der Waals surface area (Å²) in [4.78, 5) is -0.115. The van der Waals surface area contributed by atoms with Crippen LogP contribution in [0, 0.1) is 5.92 Å². The van der Waals surface area contributed by atoms with E-state index in [1.807, 2.05) is 6.07 Å². The minimum Gasteiger partial charge on any atom is -0.120 e. The van der Waals surface area contributed by atoms with E-state index in [0.717, 1.165) is 6.42 Å². The summed E-state index contributed by atoms with van der Waals surface area (Å²) in [7, 11) is 0. The van der Waals surface area contributed by atoms with Crippen LogP contribution < -0.4 is 0 Å². The molecule has 0 nitrogen and oxygen atoms in total. The van der Waals surface area contributed by atoms with Crippen molar-refractivity contribution in [3.05, 3.63) is 35.9 Å². The highest BCUT2D eigenvalue weighted by Crippen LogP contribution is 2.26. The smallest absolute Gasteiger partial charge is 0.0419 e. The Kier molecular flexibility index (Phi) is 3.38. The first-order chi connectivity index (χ1) is 6.00. The molecule has 0 saturated carbocycles. The first kappa shape index (κ1) is 10.6. The molecule has 0 radical (unpaired) electrons. The molecule has 1 unspecified atom stereocenters. The molecule has 0 bridgehead atoms. The summed E-state index contributed by atoms with van der Waals surface area (Å²) in [5.74, 6) is 0.497. The van der Waals surface area contributed by atoms with Crippen molar-refractivity contribution in [1.82, 2.24) is 0 Å². The molecule has 13 heavy (non-hydrogen) atoms. The Morgan fingerprint density at radius 2 is 1.77 bits per heavy atom. The van der Waals surface area contributed by atoms with Gasteiger partial charge in [0.1, 0.15) is 0 Å². The van der Waals surface area contributed by atoms with Crippen LogP contribution in [-0.2, 0) is 6.42 Å². The normalized spacial score (nSPS) is 14.2. The van der Waals surface area contributed by atoms with Crippen LogP contribution in [0.15, 0.2) is 30.3 Å². The fourth-order valence-electron chi connectivity index (χ4n) is 1.21. The Balaban J connectivity index is 2.61. The molecular formula is C12H17Cl. The molecule has 0 saturated heterocycles. The van der Waals surface area contributed by atoms with Gasteiger partial charge in [-0.1, -0.05) is 37.3 Å². The Bertz CT molecular complexity index is 246. The zero-order chi connectivity index (χ0) is 9.90. The highest BCUT2D eigenvalue weighted by molar-refractivity contribution is 6.23. The van der Waals surface area contributed by atoms with E-state index in [-0.39, 0.29) is 4.87 Å². The van der Waals surface area contributed by atoms with E-state index >= 15 is 0 Å². The molecule has 0 heterocycles. The highest BCUT2D eigenvalue weighted by Gasteiger charge is 2.22. The molecule has 1 aromatic carbocycles. The van der Waals surface area contributed by atoms with Crippen LogP contribution in [0.4, 0.5) is 0 Å². The molecule has 1 rings (SSSR count). The second-order valence-corrected chi connectivity index (χ2v) is 5.13. The Morgan fingerprint density at radius 1 is 1.23 bits per heavy atom. The van der Waals surface area contributed by atoms with Gasteiger partial charge in [0.25, 0.3) is 0 Å². The molecule has 1 heteroatoms. The standard InChI is InChI=1S/C12H17Cl/c1-10(12(2,3)13)9-11-7-5-4-6-8-11/h4-8,10H,9H2,1-3H3. The Morgan fingerprint density at radius 3 is 2.23 bits per heavy atom. The van der Waals surface area contributed by atoms with Crippen molar-refractivity contribution < 1.29 is 0 Å². The van der Waals surface area contributed by atoms with Crippen LogP contribution in [0.2, 0.25) is 0 Å². The van der Waals surface area contributed by atoms with Gasteiger partial charge in [-0.25, -0.2) is 0 Å². The van der Waals surface area contributed by atoms with E-state index < -0.39 is 0 Å². The quantitative estimate of drug-likeness (QED) is 0.644. The van der Waals surface area contributed by atoms with Crippen LogP contribution in [0.1, 0.15) is 26.3 Å². The predicted octanol–water partition coefficient (Wildman–Crippen LogP) is 3.88. The SMILES string of the molecule is CC(Cc1ccccc1)C(C)(C)Cl. The van der Waals surface area contributed by atoms with Gasteiger partial charge in [0, 0.05) is 4.87 Å². The van der Waals surface area contributed by atoms with E-state index in [1.165, 1.54) is 5.56 Å². The summed E-state index contributed by atoms with van der Waals surface area (Å²) < 4.78 is 0. The largest absolute Gasteiger partial charge is 0.120 e. The van der Waals surface area contributed by atoms with Gasteiger partial charge in [-0.05, 0) is 31.7 Å². The van der Waals surface area contributed by atoms with Crippen molar-refractivity contribution in [2.24, 2.45) is 5.92 Å². The number of hydrogen-bond acceptors (Lipinski definition) is 0. The number of benzene rings is 1. The van der Waals surface area contributed by atoms with Crippen molar-refractivity contribution in [3.8, 4) is 0 Å². The van der Waals surface area contributed by atoms with Crippen molar-refractivity contribution in [1.29, 1.82) is 0 Å². The average Bonchev–Trinajstić information content (AvgIpc) is 2.04. The molecule has 0 amide bonds. The lowest BCUT2D eigenvalue weighted by Crippen LogP contribution is -2.23. The summed E-state index contributed by atoms with van der Waals surface area (Å²) in [5, 5.41) is 0. The molecule has 72 valence electrons. The second-order valence-electron chi connectivity index (χ2n) is 4.16. The van der Waals surface area contributed by atoms with Crippen LogP contribution >= 0.6 is 11.6 Å². The summed E-state index contributed by atoms with van der Waals surface area (Å²) in [6.45, 7) is 6.34. The first-order valence-electron chi connectivity index (χ1n) is 4.73. The topological polar surface area (TPSA) is 0 Å². The maximum Gasteiger partial charge on any atom is 0.0419 e. The van der Waals surface area contributed by atoms with E-state index in [9.17, 15) is 0 Å². The second kappa shape index (κ2) is 4.15. The first-order valence-corrected chi connectivity index (χ1v) is 5.11. The monoisotopic (exact) mass is 196 g/mol. The number of halogens is 1. The van der Waals surface area contributed by atoms with E-state index in [0.29, 0.717) is 5.92 Å². The summed E-state index contributed by atoms with van der Waals surface area (Å²) in [6, 6.07) is 10.5. The van der Waals surface area contributed by atoms with Crippen LogP contribution in [0.3, 0.4) is 0 Å². The van der Waals surface area contributed by atoms with Gasteiger partial charge < -0.3 is 0 Å². The van der Waals surface area contributed by atoms with Gasteiger partial charge >= 0.3 is 0 Å². The predicted molar refractivity (Wildman–Crippen MR) is 59.2 cm³/mol. The van der Waals surface area contributed by atoms with Crippen LogP contribution in [-0.4, -0.2) is 4.87 Å². The fraction of sp³-hybridized carbons (Fsp3) is 0.500. The molecule has 1 atom stereocenters. The Labute approximate surface area is 85.9 Å². The number of rotatable bonds is 3. The third-order valence-electron chi connectivity index (χ3n) is 2.56. The lowest BCUT2D eigenvalue weighted by molar-refractivity contribution is 0.450. The van der Waals surface area contributed by atoms with Crippen LogP contribution in [0.25, 0.3) is 0 Å². The van der Waals surface area contributed by atoms with Gasteiger partial charge in [-0.15, -0.1) is 11.6 Å². The summed E-state index contributed by atoms with van der Waals surface area (Å²) >= 11 is 6.23. The fourth-order valence-corrected chi connectivity index (χ4v) is 1.29. The molecule has 0 fully saturated rings. The van der Waals surface area contributed by atoms with E-state index in [4.69, 9.17) is 11.6 Å². The highest BCUT2D eigenvalue weighted by atomic mass is 35.5. The van der Waals surface area contributed by atoms with Gasteiger partial charge in [0.15, 0.2) is 0 Å². The molecule has 0 N–H and O–H groups in total. The third-order valence-corrected chi connectivity index (χ3v) is 2.93.